The van der Waals surface area contributed by atoms with Gasteiger partial charge in [0.15, 0.2) is 0 Å². The first-order valence-corrected chi connectivity index (χ1v) is 10.0. The molecule has 148 valence electrons. The van der Waals surface area contributed by atoms with Gasteiger partial charge in [0.1, 0.15) is 5.75 Å². The van der Waals surface area contributed by atoms with E-state index >= 15 is 0 Å². The van der Waals surface area contributed by atoms with Crippen molar-refractivity contribution >= 4 is 11.8 Å². The van der Waals surface area contributed by atoms with Crippen LogP contribution in [0.1, 0.15) is 50.6 Å². The summed E-state index contributed by atoms with van der Waals surface area (Å²) in [5.41, 5.74) is 6.94. The number of hydrogen-bond donors (Lipinski definition) is 1. The summed E-state index contributed by atoms with van der Waals surface area (Å²) in [6.45, 7) is 4.09. The number of nitrogens with zero attached hydrogens (tertiary/aromatic N) is 2. The number of benzene rings is 1. The molecule has 0 aliphatic carbocycles. The number of nitrogens with two attached hydrogens (primary N) is 1. The minimum absolute atomic E-state index is 0.0556. The van der Waals surface area contributed by atoms with E-state index in [0.29, 0.717) is 32.5 Å². The minimum Gasteiger partial charge on any atom is -0.496 e. The van der Waals surface area contributed by atoms with Crippen LogP contribution >= 0.6 is 0 Å². The first kappa shape index (κ1) is 19.7. The van der Waals surface area contributed by atoms with Crippen molar-refractivity contribution in [3.05, 3.63) is 29.8 Å². The van der Waals surface area contributed by atoms with Gasteiger partial charge in [0, 0.05) is 37.7 Å². The van der Waals surface area contributed by atoms with E-state index in [9.17, 15) is 9.59 Å². The first-order valence-electron chi connectivity index (χ1n) is 10.0. The van der Waals surface area contributed by atoms with Gasteiger partial charge in [-0.15, -0.1) is 0 Å². The number of piperidine rings is 1. The number of rotatable bonds is 6. The Labute approximate surface area is 161 Å². The highest BCUT2D eigenvalue weighted by molar-refractivity contribution is 5.85. The molecule has 1 aromatic rings. The lowest BCUT2D eigenvalue weighted by Gasteiger charge is -2.42. The molecule has 2 fully saturated rings. The van der Waals surface area contributed by atoms with Gasteiger partial charge in [-0.25, -0.2) is 0 Å². The molecular formula is C21H31N3O3. The van der Waals surface area contributed by atoms with Crippen molar-refractivity contribution < 1.29 is 14.3 Å². The predicted octanol–water partition coefficient (Wildman–Crippen LogP) is 2.33. The van der Waals surface area contributed by atoms with Gasteiger partial charge in [0.25, 0.3) is 0 Å². The number of carbonyl (C=O) groups is 2. The van der Waals surface area contributed by atoms with Crippen molar-refractivity contribution in [2.75, 3.05) is 26.7 Å². The van der Waals surface area contributed by atoms with Gasteiger partial charge in [0.2, 0.25) is 11.8 Å². The topological polar surface area (TPSA) is 75.9 Å². The van der Waals surface area contributed by atoms with Gasteiger partial charge in [-0.05, 0) is 25.3 Å². The predicted molar refractivity (Wildman–Crippen MR) is 104 cm³/mol. The molecule has 6 heteroatoms. The van der Waals surface area contributed by atoms with Crippen molar-refractivity contribution in [3.8, 4) is 5.75 Å². The van der Waals surface area contributed by atoms with Gasteiger partial charge in [-0.1, -0.05) is 31.5 Å². The van der Waals surface area contributed by atoms with Crippen LogP contribution in [0.3, 0.4) is 0 Å². The Bertz CT molecular complexity index is 678. The van der Waals surface area contributed by atoms with E-state index in [4.69, 9.17) is 10.5 Å². The molecule has 3 atom stereocenters. The second-order valence-electron chi connectivity index (χ2n) is 7.61. The molecule has 2 N–H and O–H groups in total. The zero-order valence-electron chi connectivity index (χ0n) is 16.4. The van der Waals surface area contributed by atoms with Crippen LogP contribution in [0.15, 0.2) is 24.3 Å². The van der Waals surface area contributed by atoms with E-state index in [-0.39, 0.29) is 29.8 Å². The zero-order valence-corrected chi connectivity index (χ0v) is 16.4. The van der Waals surface area contributed by atoms with Gasteiger partial charge >= 0.3 is 0 Å². The summed E-state index contributed by atoms with van der Waals surface area (Å²) in [5, 5.41) is 0. The van der Waals surface area contributed by atoms with Crippen LogP contribution in [-0.2, 0) is 9.59 Å². The molecule has 2 saturated heterocycles. The Morgan fingerprint density at radius 1 is 1.30 bits per heavy atom. The second kappa shape index (κ2) is 8.74. The smallest absolute Gasteiger partial charge is 0.228 e. The SMILES string of the molecule is CCCCN1C(=O)CC[C@H](C(=O)N2CC[C@@H](N)C2)[C@@H]1c1ccccc1OC. The van der Waals surface area contributed by atoms with E-state index in [1.807, 2.05) is 34.1 Å². The summed E-state index contributed by atoms with van der Waals surface area (Å²) in [6.07, 6.45) is 3.77. The van der Waals surface area contributed by atoms with Gasteiger partial charge in [0.05, 0.1) is 19.1 Å². The number of amides is 2. The van der Waals surface area contributed by atoms with Crippen molar-refractivity contribution in [1.29, 1.82) is 0 Å². The molecule has 2 aliphatic heterocycles. The van der Waals surface area contributed by atoms with Crippen LogP contribution in [0.5, 0.6) is 5.75 Å². The highest BCUT2D eigenvalue weighted by Crippen LogP contribution is 2.41. The number of carbonyl (C=O) groups excluding carboxylic acids is 2. The molecule has 0 aromatic heterocycles. The van der Waals surface area contributed by atoms with E-state index in [0.717, 1.165) is 30.6 Å². The molecule has 1 aromatic carbocycles. The van der Waals surface area contributed by atoms with Gasteiger partial charge in [-0.3, -0.25) is 9.59 Å². The fraction of sp³-hybridized carbons (Fsp3) is 0.619. The fourth-order valence-corrected chi connectivity index (χ4v) is 4.32. The van der Waals surface area contributed by atoms with Crippen molar-refractivity contribution in [3.63, 3.8) is 0 Å². The highest BCUT2D eigenvalue weighted by atomic mass is 16.5. The van der Waals surface area contributed by atoms with Crippen LogP contribution < -0.4 is 10.5 Å². The number of para-hydroxylation sites is 1. The number of unbranched alkanes of at least 4 members (excludes halogenated alkanes) is 1. The largest absolute Gasteiger partial charge is 0.496 e. The molecule has 0 saturated carbocycles. The maximum Gasteiger partial charge on any atom is 0.228 e. The molecule has 0 bridgehead atoms. The van der Waals surface area contributed by atoms with Crippen LogP contribution in [-0.4, -0.2) is 54.4 Å². The van der Waals surface area contributed by atoms with Crippen LogP contribution in [0.2, 0.25) is 0 Å². The Hall–Kier alpha value is -2.08. The van der Waals surface area contributed by atoms with E-state index < -0.39 is 0 Å². The average Bonchev–Trinajstić information content (AvgIpc) is 3.12. The Morgan fingerprint density at radius 3 is 2.74 bits per heavy atom. The molecular weight excluding hydrogens is 342 g/mol. The zero-order chi connectivity index (χ0) is 19.4. The van der Waals surface area contributed by atoms with Crippen LogP contribution in [0, 0.1) is 5.92 Å². The number of ether oxygens (including phenoxy) is 1. The van der Waals surface area contributed by atoms with Crippen LogP contribution in [0.25, 0.3) is 0 Å². The normalized spacial score (nSPS) is 25.7. The Balaban J connectivity index is 1.96. The quantitative estimate of drug-likeness (QED) is 0.830. The first-order chi connectivity index (χ1) is 13.1. The lowest BCUT2D eigenvalue weighted by molar-refractivity contribution is -0.147. The summed E-state index contributed by atoms with van der Waals surface area (Å²) >= 11 is 0. The summed E-state index contributed by atoms with van der Waals surface area (Å²) in [7, 11) is 1.64. The second-order valence-corrected chi connectivity index (χ2v) is 7.61. The summed E-state index contributed by atoms with van der Waals surface area (Å²) in [6, 6.07) is 7.52. The summed E-state index contributed by atoms with van der Waals surface area (Å²) in [5.74, 6) is 0.727. The minimum atomic E-state index is -0.279. The standard InChI is InChI=1S/C21H31N3O3/c1-3-4-12-24-19(25)10-9-17(21(26)23-13-11-15(22)14-23)20(24)16-7-5-6-8-18(16)27-2/h5-8,15,17,20H,3-4,9-14,22H2,1-2H3/t15-,17+,20+/m1/s1. The lowest BCUT2D eigenvalue weighted by atomic mass is 9.82. The molecule has 0 radical (unpaired) electrons. The third kappa shape index (κ3) is 4.10. The molecule has 3 rings (SSSR count). The molecule has 2 aliphatic rings. The summed E-state index contributed by atoms with van der Waals surface area (Å²) in [4.78, 5) is 29.9. The van der Waals surface area contributed by atoms with E-state index in [2.05, 4.69) is 6.92 Å². The maximum atomic E-state index is 13.3. The number of methoxy groups -OCH3 is 1. The molecule has 0 unspecified atom stereocenters. The number of hydrogen-bond acceptors (Lipinski definition) is 4. The third-order valence-corrected chi connectivity index (χ3v) is 5.77. The average molecular weight is 373 g/mol. The third-order valence-electron chi connectivity index (χ3n) is 5.77. The van der Waals surface area contributed by atoms with E-state index in [1.165, 1.54) is 0 Å². The lowest BCUT2D eigenvalue weighted by Crippen LogP contribution is -2.49. The molecule has 27 heavy (non-hydrogen) atoms. The van der Waals surface area contributed by atoms with Crippen molar-refractivity contribution in [2.45, 2.75) is 51.1 Å². The van der Waals surface area contributed by atoms with Gasteiger partial charge < -0.3 is 20.3 Å². The Morgan fingerprint density at radius 2 is 2.07 bits per heavy atom. The summed E-state index contributed by atoms with van der Waals surface area (Å²) < 4.78 is 5.57. The van der Waals surface area contributed by atoms with Gasteiger partial charge in [-0.2, -0.15) is 0 Å². The molecule has 0 spiro atoms. The molecule has 2 heterocycles. The Kier molecular flexibility index (Phi) is 6.37. The monoisotopic (exact) mass is 373 g/mol. The number of likely N-dealkylation sites (tertiary alicyclic amines) is 2. The maximum absolute atomic E-state index is 13.3. The van der Waals surface area contributed by atoms with E-state index in [1.54, 1.807) is 7.11 Å². The molecule has 2 amide bonds. The fourth-order valence-electron chi connectivity index (χ4n) is 4.32. The van der Waals surface area contributed by atoms with Crippen molar-refractivity contribution in [2.24, 2.45) is 11.7 Å². The van der Waals surface area contributed by atoms with Crippen LogP contribution in [0.4, 0.5) is 0 Å². The van der Waals surface area contributed by atoms with Crippen molar-refractivity contribution in [1.82, 2.24) is 9.80 Å². The molecule has 6 nitrogen and oxygen atoms in total. The highest BCUT2D eigenvalue weighted by Gasteiger charge is 2.43.